The van der Waals surface area contributed by atoms with Gasteiger partial charge in [0.05, 0.1) is 6.61 Å². The maximum absolute atomic E-state index is 5.66. The molecule has 0 heterocycles. The number of halogens is 1. The smallest absolute Gasteiger partial charge is 0.119 e. The quantitative estimate of drug-likeness (QED) is 0.553. The molecule has 1 rings (SSSR count). The number of hydrogen-bond donors (Lipinski definition) is 0. The molecule has 0 unspecified atom stereocenters. The number of thioether (sulfide) groups is 1. The molecule has 72 valence electrons. The third-order valence-electron chi connectivity index (χ3n) is 1.63. The molecule has 0 atom stereocenters. The minimum atomic E-state index is 0.561. The first-order valence-electron chi connectivity index (χ1n) is 4.13. The summed E-state index contributed by atoms with van der Waals surface area (Å²) in [5.74, 6) is 2.51. The van der Waals surface area contributed by atoms with Crippen molar-refractivity contribution in [3.8, 4) is 5.75 Å². The van der Waals surface area contributed by atoms with Gasteiger partial charge in [0.25, 0.3) is 0 Å². The first-order chi connectivity index (χ1) is 6.36. The number of ether oxygens (including phenoxy) is 1. The van der Waals surface area contributed by atoms with Gasteiger partial charge in [-0.1, -0.05) is 12.1 Å². The molecule has 0 N–H and O–H groups in total. The lowest BCUT2D eigenvalue weighted by Gasteiger charge is -2.04. The standard InChI is InChI=1S/C10H13ClOS/c1-13-7-6-12-10-4-2-9(8-11)3-5-10/h2-5H,6-8H2,1H3. The van der Waals surface area contributed by atoms with Crippen LogP contribution in [-0.2, 0) is 5.88 Å². The molecule has 0 radical (unpaired) electrons. The van der Waals surface area contributed by atoms with Crippen molar-refractivity contribution in [3.63, 3.8) is 0 Å². The van der Waals surface area contributed by atoms with Crippen LogP contribution in [0.1, 0.15) is 5.56 Å². The van der Waals surface area contributed by atoms with Crippen molar-refractivity contribution in [2.24, 2.45) is 0 Å². The minimum Gasteiger partial charge on any atom is -0.493 e. The second kappa shape index (κ2) is 6.17. The van der Waals surface area contributed by atoms with Crippen LogP contribution >= 0.6 is 23.4 Å². The van der Waals surface area contributed by atoms with Gasteiger partial charge in [-0.25, -0.2) is 0 Å². The van der Waals surface area contributed by atoms with Gasteiger partial charge in [0.15, 0.2) is 0 Å². The molecule has 1 nitrogen and oxygen atoms in total. The summed E-state index contributed by atoms with van der Waals surface area (Å²) in [6, 6.07) is 7.89. The van der Waals surface area contributed by atoms with E-state index < -0.39 is 0 Å². The van der Waals surface area contributed by atoms with Crippen LogP contribution in [0.2, 0.25) is 0 Å². The summed E-state index contributed by atoms with van der Waals surface area (Å²) >= 11 is 7.44. The van der Waals surface area contributed by atoms with Crippen molar-refractivity contribution >= 4 is 23.4 Å². The maximum atomic E-state index is 5.66. The molecule has 0 saturated carbocycles. The van der Waals surface area contributed by atoms with Gasteiger partial charge in [-0.3, -0.25) is 0 Å². The van der Waals surface area contributed by atoms with Gasteiger partial charge in [-0.2, -0.15) is 11.8 Å². The summed E-state index contributed by atoms with van der Waals surface area (Å²) < 4.78 is 5.48. The zero-order valence-corrected chi connectivity index (χ0v) is 9.20. The first-order valence-corrected chi connectivity index (χ1v) is 6.06. The summed E-state index contributed by atoms with van der Waals surface area (Å²) in [6.07, 6.45) is 2.07. The largest absolute Gasteiger partial charge is 0.493 e. The third-order valence-corrected chi connectivity index (χ3v) is 2.52. The summed E-state index contributed by atoms with van der Waals surface area (Å²) in [6.45, 7) is 0.765. The predicted molar refractivity (Wildman–Crippen MR) is 59.9 cm³/mol. The maximum Gasteiger partial charge on any atom is 0.119 e. The lowest BCUT2D eigenvalue weighted by atomic mass is 10.2. The molecule has 1 aromatic carbocycles. The van der Waals surface area contributed by atoms with Crippen molar-refractivity contribution in [1.29, 1.82) is 0 Å². The van der Waals surface area contributed by atoms with Crippen LogP contribution in [-0.4, -0.2) is 18.6 Å². The minimum absolute atomic E-state index is 0.561. The van der Waals surface area contributed by atoms with Gasteiger partial charge < -0.3 is 4.74 Å². The fraction of sp³-hybridized carbons (Fsp3) is 0.400. The lowest BCUT2D eigenvalue weighted by Crippen LogP contribution is -1.99. The van der Waals surface area contributed by atoms with Crippen LogP contribution in [0.15, 0.2) is 24.3 Å². The summed E-state index contributed by atoms with van der Waals surface area (Å²) in [5.41, 5.74) is 1.12. The SMILES string of the molecule is CSCCOc1ccc(CCl)cc1. The van der Waals surface area contributed by atoms with Crippen LogP contribution in [0.4, 0.5) is 0 Å². The lowest BCUT2D eigenvalue weighted by molar-refractivity contribution is 0.344. The molecule has 13 heavy (non-hydrogen) atoms. The highest BCUT2D eigenvalue weighted by Gasteiger charge is 1.93. The van der Waals surface area contributed by atoms with E-state index in [0.29, 0.717) is 5.88 Å². The van der Waals surface area contributed by atoms with Crippen LogP contribution in [0.3, 0.4) is 0 Å². The van der Waals surface area contributed by atoms with E-state index in [4.69, 9.17) is 16.3 Å². The zero-order chi connectivity index (χ0) is 9.52. The van der Waals surface area contributed by atoms with Crippen LogP contribution in [0.5, 0.6) is 5.75 Å². The highest BCUT2D eigenvalue weighted by atomic mass is 35.5. The molecule has 1 aromatic rings. The molecule has 0 aliphatic carbocycles. The summed E-state index contributed by atoms with van der Waals surface area (Å²) in [7, 11) is 0. The van der Waals surface area contributed by atoms with Crippen molar-refractivity contribution in [2.75, 3.05) is 18.6 Å². The van der Waals surface area contributed by atoms with Crippen LogP contribution in [0, 0.1) is 0 Å². The van der Waals surface area contributed by atoms with Gasteiger partial charge in [-0.05, 0) is 24.0 Å². The van der Waals surface area contributed by atoms with E-state index in [-0.39, 0.29) is 0 Å². The van der Waals surface area contributed by atoms with E-state index in [1.807, 2.05) is 24.3 Å². The van der Waals surface area contributed by atoms with E-state index in [1.165, 1.54) is 0 Å². The van der Waals surface area contributed by atoms with Crippen LogP contribution < -0.4 is 4.74 Å². The van der Waals surface area contributed by atoms with Gasteiger partial charge in [0.1, 0.15) is 5.75 Å². The van der Waals surface area contributed by atoms with Gasteiger partial charge in [-0.15, -0.1) is 11.6 Å². The second-order valence-corrected chi connectivity index (χ2v) is 3.87. The van der Waals surface area contributed by atoms with E-state index in [0.717, 1.165) is 23.7 Å². The van der Waals surface area contributed by atoms with Crippen molar-refractivity contribution in [3.05, 3.63) is 29.8 Å². The number of alkyl halides is 1. The summed E-state index contributed by atoms with van der Waals surface area (Å²) in [5, 5.41) is 0. The predicted octanol–water partition coefficient (Wildman–Crippen LogP) is 3.17. The third kappa shape index (κ3) is 3.92. The van der Waals surface area contributed by atoms with E-state index in [2.05, 4.69) is 6.26 Å². The Morgan fingerprint density at radius 3 is 2.54 bits per heavy atom. The normalized spacial score (nSPS) is 10.0. The second-order valence-electron chi connectivity index (χ2n) is 2.62. The van der Waals surface area contributed by atoms with Crippen molar-refractivity contribution in [2.45, 2.75) is 5.88 Å². The molecule has 0 spiro atoms. The fourth-order valence-electron chi connectivity index (χ4n) is 0.918. The summed E-state index contributed by atoms with van der Waals surface area (Å²) in [4.78, 5) is 0. The molecule has 0 fully saturated rings. The van der Waals surface area contributed by atoms with E-state index >= 15 is 0 Å². The Morgan fingerprint density at radius 1 is 1.31 bits per heavy atom. The number of rotatable bonds is 5. The topological polar surface area (TPSA) is 9.23 Å². The Labute approximate surface area is 88.4 Å². The Bertz CT molecular complexity index is 235. The Morgan fingerprint density at radius 2 is 2.00 bits per heavy atom. The molecule has 0 saturated heterocycles. The average Bonchev–Trinajstić information content (AvgIpc) is 2.19. The monoisotopic (exact) mass is 216 g/mol. The van der Waals surface area contributed by atoms with Gasteiger partial charge in [0.2, 0.25) is 0 Å². The molecule has 0 amide bonds. The fourth-order valence-corrected chi connectivity index (χ4v) is 1.35. The number of hydrogen-bond acceptors (Lipinski definition) is 2. The molecular formula is C10H13ClOS. The Hall–Kier alpha value is -0.340. The number of benzene rings is 1. The van der Waals surface area contributed by atoms with Crippen molar-refractivity contribution < 1.29 is 4.74 Å². The molecule has 0 aliphatic heterocycles. The van der Waals surface area contributed by atoms with Gasteiger partial charge in [0, 0.05) is 11.6 Å². The Balaban J connectivity index is 2.40. The van der Waals surface area contributed by atoms with Crippen LogP contribution in [0.25, 0.3) is 0 Å². The Kier molecular flexibility index (Phi) is 5.09. The first kappa shape index (κ1) is 10.7. The van der Waals surface area contributed by atoms with Gasteiger partial charge >= 0.3 is 0 Å². The molecular weight excluding hydrogens is 204 g/mol. The zero-order valence-electron chi connectivity index (χ0n) is 7.63. The molecule has 3 heteroatoms. The average molecular weight is 217 g/mol. The molecule has 0 aliphatic rings. The highest BCUT2D eigenvalue weighted by molar-refractivity contribution is 7.98. The highest BCUT2D eigenvalue weighted by Crippen LogP contribution is 2.13. The molecule has 0 bridgehead atoms. The van der Waals surface area contributed by atoms with E-state index in [9.17, 15) is 0 Å². The molecule has 0 aromatic heterocycles. The van der Waals surface area contributed by atoms with E-state index in [1.54, 1.807) is 11.8 Å². The van der Waals surface area contributed by atoms with Crippen molar-refractivity contribution in [1.82, 2.24) is 0 Å².